The van der Waals surface area contributed by atoms with Gasteiger partial charge in [-0.25, -0.2) is 0 Å². The molecule has 0 aliphatic rings. The van der Waals surface area contributed by atoms with Crippen LogP contribution in [0.2, 0.25) is 0 Å². The lowest BCUT2D eigenvalue weighted by molar-refractivity contribution is -0.157. The van der Waals surface area contributed by atoms with Crippen molar-refractivity contribution in [2.45, 2.75) is 71.6 Å². The Morgan fingerprint density at radius 3 is 2.29 bits per heavy atom. The van der Waals surface area contributed by atoms with E-state index in [0.717, 1.165) is 12.8 Å². The van der Waals surface area contributed by atoms with E-state index in [0.29, 0.717) is 19.6 Å². The van der Waals surface area contributed by atoms with Gasteiger partial charge in [-0.3, -0.25) is 14.9 Å². The third-order valence-corrected chi connectivity index (χ3v) is 2.73. The largest absolute Gasteiger partial charge is 0.465 e. The number of esters is 2. The first-order valence-electron chi connectivity index (χ1n) is 7.56. The average Bonchev–Trinajstić information content (AvgIpc) is 2.35. The average molecular weight is 302 g/mol. The zero-order chi connectivity index (χ0) is 16.5. The molecule has 0 radical (unpaired) electrons. The van der Waals surface area contributed by atoms with Crippen LogP contribution in [-0.2, 0) is 19.1 Å². The Balaban J connectivity index is 4.55. The molecule has 3 N–H and O–H groups in total. The lowest BCUT2D eigenvalue weighted by Crippen LogP contribution is -2.48. The fourth-order valence-corrected chi connectivity index (χ4v) is 1.76. The number of ether oxygens (including phenoxy) is 2. The molecule has 0 aliphatic carbocycles. The highest BCUT2D eigenvalue weighted by molar-refractivity contribution is 5.79. The lowest BCUT2D eigenvalue weighted by atomic mass is 10.1. The van der Waals surface area contributed by atoms with Gasteiger partial charge in [0.1, 0.15) is 17.7 Å². The smallest absolute Gasteiger partial charge is 0.323 e. The van der Waals surface area contributed by atoms with Crippen molar-refractivity contribution < 1.29 is 19.1 Å². The maximum Gasteiger partial charge on any atom is 0.323 e. The molecule has 0 fully saturated rings. The number of unbranched alkanes of at least 4 members (excludes halogenated alkanes) is 1. The predicted molar refractivity (Wildman–Crippen MR) is 81.8 cm³/mol. The maximum atomic E-state index is 11.9. The fraction of sp³-hybridized carbons (Fsp3) is 0.867. The van der Waals surface area contributed by atoms with E-state index in [9.17, 15) is 9.59 Å². The van der Waals surface area contributed by atoms with Crippen LogP contribution in [-0.4, -0.2) is 42.8 Å². The fourth-order valence-electron chi connectivity index (χ4n) is 1.76. The van der Waals surface area contributed by atoms with Crippen LogP contribution >= 0.6 is 0 Å². The summed E-state index contributed by atoms with van der Waals surface area (Å²) < 4.78 is 10.3. The van der Waals surface area contributed by atoms with E-state index in [1.54, 1.807) is 13.8 Å². The van der Waals surface area contributed by atoms with Crippen LogP contribution in [0.4, 0.5) is 0 Å². The number of hydrogen-bond acceptors (Lipinski definition) is 6. The summed E-state index contributed by atoms with van der Waals surface area (Å²) in [4.78, 5) is 23.9. The molecule has 0 heterocycles. The number of nitrogens with one attached hydrogen (secondary N) is 1. The van der Waals surface area contributed by atoms with Gasteiger partial charge in [-0.15, -0.1) is 0 Å². The molecular weight excluding hydrogens is 272 g/mol. The third-order valence-electron chi connectivity index (χ3n) is 2.73. The number of hydrogen-bond donors (Lipinski definition) is 2. The van der Waals surface area contributed by atoms with Gasteiger partial charge in [-0.1, -0.05) is 6.42 Å². The molecular formula is C15H30N2O4. The first kappa shape index (κ1) is 19.9. The van der Waals surface area contributed by atoms with Gasteiger partial charge in [0, 0.05) is 0 Å². The van der Waals surface area contributed by atoms with E-state index >= 15 is 0 Å². The summed E-state index contributed by atoms with van der Waals surface area (Å²) in [5.74, 6) is -0.722. The Hall–Kier alpha value is -1.14. The van der Waals surface area contributed by atoms with Gasteiger partial charge < -0.3 is 15.2 Å². The predicted octanol–water partition coefficient (Wildman–Crippen LogP) is 1.37. The van der Waals surface area contributed by atoms with Gasteiger partial charge in [-0.05, 0) is 54.0 Å². The van der Waals surface area contributed by atoms with Gasteiger partial charge in [0.2, 0.25) is 0 Å². The lowest BCUT2D eigenvalue weighted by Gasteiger charge is -2.25. The third kappa shape index (κ3) is 9.42. The summed E-state index contributed by atoms with van der Waals surface area (Å²) in [7, 11) is 0. The van der Waals surface area contributed by atoms with Crippen LogP contribution in [0.3, 0.4) is 0 Å². The summed E-state index contributed by atoms with van der Waals surface area (Å²) in [5.41, 5.74) is 4.91. The maximum absolute atomic E-state index is 11.9. The van der Waals surface area contributed by atoms with Crippen molar-refractivity contribution in [2.75, 3.05) is 13.2 Å². The Kier molecular flexibility index (Phi) is 9.21. The van der Waals surface area contributed by atoms with Crippen LogP contribution in [0.5, 0.6) is 0 Å². The van der Waals surface area contributed by atoms with Crippen molar-refractivity contribution in [3.8, 4) is 0 Å². The van der Waals surface area contributed by atoms with Gasteiger partial charge >= 0.3 is 11.9 Å². The normalized spacial score (nSPS) is 14.4. The van der Waals surface area contributed by atoms with E-state index in [2.05, 4.69) is 5.32 Å². The number of carbonyl (C=O) groups is 2. The van der Waals surface area contributed by atoms with Crippen molar-refractivity contribution in [3.05, 3.63) is 0 Å². The molecule has 0 bridgehead atoms. The topological polar surface area (TPSA) is 90.6 Å². The highest BCUT2D eigenvalue weighted by Crippen LogP contribution is 2.10. The monoisotopic (exact) mass is 302 g/mol. The molecule has 0 aromatic rings. The van der Waals surface area contributed by atoms with Gasteiger partial charge in [0.05, 0.1) is 6.61 Å². The summed E-state index contributed by atoms with van der Waals surface area (Å²) in [6, 6.07) is -1.09. The van der Waals surface area contributed by atoms with Gasteiger partial charge in [0.15, 0.2) is 0 Å². The molecule has 21 heavy (non-hydrogen) atoms. The van der Waals surface area contributed by atoms with Crippen LogP contribution in [0, 0.1) is 0 Å². The molecule has 0 amide bonds. The van der Waals surface area contributed by atoms with Crippen molar-refractivity contribution in [3.63, 3.8) is 0 Å². The Morgan fingerprint density at radius 2 is 1.81 bits per heavy atom. The molecule has 0 rings (SSSR count). The summed E-state index contributed by atoms with van der Waals surface area (Å²) in [5, 5.41) is 2.99. The SMILES string of the molecule is CCOC(=O)[C@H](CCCCN)N[C@@H](C)C(=O)OC(C)(C)C. The first-order chi connectivity index (χ1) is 9.71. The van der Waals surface area contributed by atoms with E-state index in [1.807, 2.05) is 20.8 Å². The van der Waals surface area contributed by atoms with Crippen LogP contribution in [0.1, 0.15) is 53.9 Å². The molecule has 6 nitrogen and oxygen atoms in total. The van der Waals surface area contributed by atoms with Crippen molar-refractivity contribution >= 4 is 11.9 Å². The Bertz CT molecular complexity index is 326. The van der Waals surface area contributed by atoms with Crippen molar-refractivity contribution in [2.24, 2.45) is 5.73 Å². The van der Waals surface area contributed by atoms with Crippen LogP contribution in [0.15, 0.2) is 0 Å². The van der Waals surface area contributed by atoms with E-state index < -0.39 is 17.7 Å². The molecule has 0 aromatic carbocycles. The Labute approximate surface area is 127 Å². The first-order valence-corrected chi connectivity index (χ1v) is 7.56. The van der Waals surface area contributed by atoms with E-state index in [4.69, 9.17) is 15.2 Å². The molecule has 0 aromatic heterocycles. The molecule has 6 heteroatoms. The second-order valence-corrected chi connectivity index (χ2v) is 6.01. The molecule has 0 aliphatic heterocycles. The second kappa shape index (κ2) is 9.73. The summed E-state index contributed by atoms with van der Waals surface area (Å²) in [6.07, 6.45) is 2.22. The minimum Gasteiger partial charge on any atom is -0.465 e. The summed E-state index contributed by atoms with van der Waals surface area (Å²) >= 11 is 0. The summed E-state index contributed by atoms with van der Waals surface area (Å²) in [6.45, 7) is 9.76. The van der Waals surface area contributed by atoms with Crippen LogP contribution < -0.4 is 11.1 Å². The minimum absolute atomic E-state index is 0.314. The van der Waals surface area contributed by atoms with Gasteiger partial charge in [-0.2, -0.15) is 0 Å². The molecule has 0 spiro atoms. The molecule has 2 atom stereocenters. The highest BCUT2D eigenvalue weighted by atomic mass is 16.6. The van der Waals surface area contributed by atoms with E-state index in [-0.39, 0.29) is 11.9 Å². The van der Waals surface area contributed by atoms with Gasteiger partial charge in [0.25, 0.3) is 0 Å². The zero-order valence-corrected chi connectivity index (χ0v) is 13.9. The van der Waals surface area contributed by atoms with Crippen LogP contribution in [0.25, 0.3) is 0 Å². The van der Waals surface area contributed by atoms with Crippen molar-refractivity contribution in [1.29, 1.82) is 0 Å². The molecule has 0 unspecified atom stereocenters. The molecule has 0 saturated carbocycles. The highest BCUT2D eigenvalue weighted by Gasteiger charge is 2.27. The minimum atomic E-state index is -0.573. The number of nitrogens with two attached hydrogens (primary N) is 1. The Morgan fingerprint density at radius 1 is 1.19 bits per heavy atom. The zero-order valence-electron chi connectivity index (χ0n) is 13.9. The second-order valence-electron chi connectivity index (χ2n) is 6.01. The molecule has 0 saturated heterocycles. The van der Waals surface area contributed by atoms with Crippen molar-refractivity contribution in [1.82, 2.24) is 5.32 Å². The molecule has 124 valence electrons. The quantitative estimate of drug-likeness (QED) is 0.494. The standard InChI is InChI=1S/C15H30N2O4/c1-6-20-14(19)12(9-7-8-10-16)17-11(2)13(18)21-15(3,4)5/h11-12,17H,6-10,16H2,1-5H3/t11-,12-/m0/s1. The van der Waals surface area contributed by atoms with E-state index in [1.165, 1.54) is 0 Å². The number of carbonyl (C=O) groups excluding carboxylic acids is 2. The number of rotatable bonds is 9.